The van der Waals surface area contributed by atoms with Crippen molar-refractivity contribution < 1.29 is 90.1 Å². The topological polar surface area (TPSA) is 410 Å². The van der Waals surface area contributed by atoms with E-state index in [1.54, 1.807) is 0 Å². The molecule has 1 aliphatic heterocycles. The summed E-state index contributed by atoms with van der Waals surface area (Å²) in [5.41, 5.74) is 4.20. The van der Waals surface area contributed by atoms with Crippen LogP contribution in [0.1, 0.15) is 59.1 Å². The number of nitrogens with one attached hydrogen (secondary N) is 3. The van der Waals surface area contributed by atoms with Gasteiger partial charge in [-0.25, -0.2) is 28.6 Å². The molecule has 11 N–H and O–H groups in total. The number of nitrogens with zero attached hydrogens (tertiary/aromatic N) is 4. The number of Topliss-reactive ketones (excluding diaryl/α,β-unsaturated/α-hetero) is 1. The summed E-state index contributed by atoms with van der Waals surface area (Å²) in [5.74, 6) is -1.80. The van der Waals surface area contributed by atoms with E-state index >= 15 is 0 Å². The van der Waals surface area contributed by atoms with Gasteiger partial charge < -0.3 is 56.2 Å². The molecule has 0 aromatic carbocycles. The van der Waals surface area contributed by atoms with Gasteiger partial charge in [-0.1, -0.05) is 25.6 Å². The minimum absolute atomic E-state index is 0.0192. The fourth-order valence-corrected chi connectivity index (χ4v) is 8.83. The van der Waals surface area contributed by atoms with Crippen molar-refractivity contribution >= 4 is 80.8 Å². The number of imidazole rings is 1. The van der Waals surface area contributed by atoms with Crippen LogP contribution in [0.4, 0.5) is 5.82 Å². The largest absolute Gasteiger partial charge is 0.481 e. The molecule has 7 atom stereocenters. The number of aliphatic hydroxyl groups excluding tert-OH is 2. The number of fused-ring (bicyclic) bond motifs is 1. The zero-order valence-corrected chi connectivity index (χ0v) is 36.4. The van der Waals surface area contributed by atoms with Crippen molar-refractivity contribution in [2.75, 3.05) is 44.3 Å². The minimum atomic E-state index is -5.59. The number of ether oxygens (including phenoxy) is 1. The molecule has 31 heteroatoms. The summed E-state index contributed by atoms with van der Waals surface area (Å²) in [4.78, 5) is 111. The highest BCUT2D eigenvalue weighted by Gasteiger charge is 2.50. The lowest BCUT2D eigenvalue weighted by Crippen LogP contribution is -2.46. The second-order valence-corrected chi connectivity index (χ2v) is 19.3. The molecule has 2 aromatic rings. The number of amides is 3. The maximum Gasteiger partial charge on any atom is 0.481 e. The van der Waals surface area contributed by atoms with Crippen molar-refractivity contribution in [3.8, 4) is 0 Å². The summed E-state index contributed by atoms with van der Waals surface area (Å²) < 4.78 is 62.1. The summed E-state index contributed by atoms with van der Waals surface area (Å²) in [7, 11) is -16.5. The lowest BCUT2D eigenvalue weighted by molar-refractivity contribution is -0.137. The van der Waals surface area contributed by atoms with Crippen molar-refractivity contribution in [1.29, 1.82) is 0 Å². The Hall–Kier alpha value is -3.30. The van der Waals surface area contributed by atoms with Gasteiger partial charge in [0, 0.05) is 50.6 Å². The Kier molecular flexibility index (Phi) is 19.5. The minimum Gasteiger partial charge on any atom is -0.386 e. The molecule has 0 aliphatic carbocycles. The van der Waals surface area contributed by atoms with Crippen molar-refractivity contribution in [3.63, 3.8) is 0 Å². The molecule has 3 rings (SSSR count). The first-order valence-electron chi connectivity index (χ1n) is 18.1. The van der Waals surface area contributed by atoms with Crippen molar-refractivity contribution in [1.82, 2.24) is 35.5 Å². The molecule has 1 aliphatic rings. The van der Waals surface area contributed by atoms with Gasteiger partial charge in [0.15, 0.2) is 22.8 Å². The average Bonchev–Trinajstić information content (AvgIpc) is 3.71. The number of ketones is 1. The summed E-state index contributed by atoms with van der Waals surface area (Å²) in [6.07, 6.45) is -6.04. The van der Waals surface area contributed by atoms with E-state index in [1.807, 2.05) is 0 Å². The quantitative estimate of drug-likeness (QED) is 0.0305. The first kappa shape index (κ1) is 52.0. The van der Waals surface area contributed by atoms with Crippen LogP contribution in [0, 0.1) is 5.41 Å². The van der Waals surface area contributed by atoms with E-state index < -0.39 is 84.6 Å². The number of phosphoric ester groups is 3. The molecule has 3 heterocycles. The molecule has 0 radical (unpaired) electrons. The average molecular weight is 951 g/mol. The van der Waals surface area contributed by atoms with E-state index in [4.69, 9.17) is 19.5 Å². The number of nitrogen functional groups attached to an aromatic ring is 1. The van der Waals surface area contributed by atoms with E-state index in [9.17, 15) is 67.5 Å². The normalized spacial score (nSPS) is 20.7. The van der Waals surface area contributed by atoms with Crippen LogP contribution in [-0.2, 0) is 60.3 Å². The van der Waals surface area contributed by atoms with Crippen LogP contribution in [0.5, 0.6) is 0 Å². The van der Waals surface area contributed by atoms with Crippen molar-refractivity contribution in [3.05, 3.63) is 12.7 Å². The Morgan fingerprint density at radius 2 is 1.66 bits per heavy atom. The molecule has 0 saturated carbocycles. The molecule has 2 unspecified atom stereocenters. The molecule has 2 aromatic heterocycles. The fraction of sp³-hybridized carbons (Fsp3) is 0.667. The first-order valence-corrected chi connectivity index (χ1v) is 23.6. The van der Waals surface area contributed by atoms with E-state index in [-0.39, 0.29) is 71.9 Å². The van der Waals surface area contributed by atoms with Gasteiger partial charge in [0.1, 0.15) is 42.0 Å². The number of hydrogen-bond donors (Lipinski definition) is 10. The number of phosphoric acid groups is 3. The van der Waals surface area contributed by atoms with E-state index in [0.717, 1.165) is 29.0 Å². The van der Waals surface area contributed by atoms with Gasteiger partial charge in [-0.2, -0.15) is 4.31 Å². The van der Waals surface area contributed by atoms with Crippen LogP contribution < -0.4 is 21.7 Å². The first-order chi connectivity index (χ1) is 28.3. The number of aliphatic hydroxyl groups is 2. The van der Waals surface area contributed by atoms with Gasteiger partial charge in [0.25, 0.3) is 0 Å². The molecular formula is C30H49N8O19P3S. The number of unbranched alkanes of at least 4 members (excludes halogenated alkanes) is 1. The van der Waals surface area contributed by atoms with Crippen LogP contribution in [0.2, 0.25) is 0 Å². The van der Waals surface area contributed by atoms with Crippen LogP contribution in [0.15, 0.2) is 12.7 Å². The highest BCUT2D eigenvalue weighted by Crippen LogP contribution is 2.61. The smallest absolute Gasteiger partial charge is 0.386 e. The number of hydrogen-bond acceptors (Lipinski definition) is 20. The molecule has 0 bridgehead atoms. The third kappa shape index (κ3) is 17.4. The SMILES string of the molecule is CC(=O)NCCCCC(=O)CC(=O)SCCNC(=O)CCNC(=O)[C@H](O)C(C)(C)COP(=O)(O)OP(=O)(O)OC[C@H]1O[C@@H](n2cnc3c(N)ncnc32)[C@H](O)[C@@H]1OP(=O)(O)O. The van der Waals surface area contributed by atoms with Gasteiger partial charge in [-0.3, -0.25) is 42.1 Å². The van der Waals surface area contributed by atoms with E-state index in [2.05, 4.69) is 39.7 Å². The Balaban J connectivity index is 1.41. The Labute approximate surface area is 351 Å². The molecule has 0 spiro atoms. The predicted octanol–water partition coefficient (Wildman–Crippen LogP) is -1.07. The number of thioether (sulfide) groups is 1. The summed E-state index contributed by atoms with van der Waals surface area (Å²) in [5, 5.41) is 28.6. The maximum atomic E-state index is 12.7. The van der Waals surface area contributed by atoms with E-state index in [1.165, 1.54) is 20.8 Å². The number of carbonyl (C=O) groups is 5. The van der Waals surface area contributed by atoms with Crippen LogP contribution in [-0.4, -0.2) is 141 Å². The van der Waals surface area contributed by atoms with Crippen molar-refractivity contribution in [2.45, 2.75) is 83.5 Å². The predicted molar refractivity (Wildman–Crippen MR) is 209 cm³/mol. The Morgan fingerprint density at radius 1 is 0.967 bits per heavy atom. The molecule has 61 heavy (non-hydrogen) atoms. The van der Waals surface area contributed by atoms with Gasteiger partial charge in [0.2, 0.25) is 17.7 Å². The maximum absolute atomic E-state index is 12.7. The lowest BCUT2D eigenvalue weighted by Gasteiger charge is -2.30. The van der Waals surface area contributed by atoms with Gasteiger partial charge in [-0.15, -0.1) is 0 Å². The molecule has 1 saturated heterocycles. The number of carbonyl (C=O) groups excluding carboxylic acids is 5. The summed E-state index contributed by atoms with van der Waals surface area (Å²) in [6.45, 7) is 2.04. The van der Waals surface area contributed by atoms with E-state index in [0.29, 0.717) is 19.4 Å². The highest BCUT2D eigenvalue weighted by molar-refractivity contribution is 8.13. The Bertz CT molecular complexity index is 2020. The zero-order valence-electron chi connectivity index (χ0n) is 32.9. The second-order valence-electron chi connectivity index (χ2n) is 13.9. The van der Waals surface area contributed by atoms with Gasteiger partial charge in [-0.05, 0) is 12.8 Å². The standard InChI is InChI=1S/C30H49N8O19P3S/c1-17(39)32-8-5-4-6-18(40)12-21(42)61-11-10-33-20(41)7-9-34-28(45)25(44)30(2,3)14-54-60(51,52)57-59(49,50)53-13-19-24(56-58(46,47)48)23(43)29(55-19)38-16-37-22-26(31)35-15-36-27(22)38/h15-16,19,23-25,29,43-44H,4-14H2,1-3H3,(H,32,39)(H,33,41)(H,34,45)(H,49,50)(H,51,52)(H2,31,35,36)(H2,46,47,48)/t19-,23-,24-,25+,29-/m1/s1. The molecule has 27 nitrogen and oxygen atoms in total. The van der Waals surface area contributed by atoms with Crippen LogP contribution >= 0.6 is 35.2 Å². The molecular weight excluding hydrogens is 901 g/mol. The number of anilines is 1. The number of aromatic nitrogens is 4. The van der Waals surface area contributed by atoms with Gasteiger partial charge in [0.05, 0.1) is 26.0 Å². The fourth-order valence-electron chi connectivity index (χ4n) is 5.31. The Morgan fingerprint density at radius 3 is 2.33 bits per heavy atom. The van der Waals surface area contributed by atoms with Crippen LogP contribution in [0.3, 0.4) is 0 Å². The molecule has 344 valence electrons. The second kappa shape index (κ2) is 22.9. The molecule has 1 fully saturated rings. The third-order valence-corrected chi connectivity index (χ3v) is 12.3. The van der Waals surface area contributed by atoms with Crippen LogP contribution in [0.25, 0.3) is 11.2 Å². The lowest BCUT2D eigenvalue weighted by atomic mass is 9.87. The van der Waals surface area contributed by atoms with Crippen molar-refractivity contribution in [2.24, 2.45) is 5.41 Å². The summed E-state index contributed by atoms with van der Waals surface area (Å²) >= 11 is 0.868. The number of rotatable bonds is 26. The van der Waals surface area contributed by atoms with Gasteiger partial charge >= 0.3 is 23.5 Å². The monoisotopic (exact) mass is 950 g/mol. The summed E-state index contributed by atoms with van der Waals surface area (Å²) in [6, 6.07) is 0. The zero-order chi connectivity index (χ0) is 45.8. The third-order valence-electron chi connectivity index (χ3n) is 8.36. The molecule has 3 amide bonds. The number of nitrogens with two attached hydrogens (primary N) is 1. The highest BCUT2D eigenvalue weighted by atomic mass is 32.2.